The fraction of sp³-hybridized carbons (Fsp3) is 0.714. The van der Waals surface area contributed by atoms with E-state index in [2.05, 4.69) is 17.3 Å². The van der Waals surface area contributed by atoms with Crippen LogP contribution in [0.2, 0.25) is 0 Å². The monoisotopic (exact) mass is 264 g/mol. The molecule has 1 aliphatic rings. The Morgan fingerprint density at radius 1 is 1.58 bits per heavy atom. The predicted molar refractivity (Wildman–Crippen MR) is 75.1 cm³/mol. The maximum absolute atomic E-state index is 12.5. The first-order valence-corrected chi connectivity index (χ1v) is 7.03. The summed E-state index contributed by atoms with van der Waals surface area (Å²) in [5.41, 5.74) is 1.68. The zero-order valence-electron chi connectivity index (χ0n) is 12.3. The molecule has 0 aromatic carbocycles. The van der Waals surface area contributed by atoms with Crippen molar-refractivity contribution in [2.45, 2.75) is 32.7 Å². The molecule has 0 spiro atoms. The molecular weight excluding hydrogens is 240 g/mol. The number of rotatable bonds is 3. The van der Waals surface area contributed by atoms with E-state index in [9.17, 15) is 4.79 Å². The van der Waals surface area contributed by atoms with Crippen LogP contribution in [-0.4, -0.2) is 46.8 Å². The SMILES string of the molecule is CCC1CN(C(=O)c2cnn(C)c2C)CCC1NC. The number of hydrogen-bond donors (Lipinski definition) is 1. The number of nitrogens with zero attached hydrogens (tertiary/aromatic N) is 3. The second kappa shape index (κ2) is 5.74. The van der Waals surface area contributed by atoms with Crippen molar-refractivity contribution in [3.05, 3.63) is 17.5 Å². The third-order valence-corrected chi connectivity index (χ3v) is 4.38. The van der Waals surface area contributed by atoms with Crippen LogP contribution < -0.4 is 5.32 Å². The smallest absolute Gasteiger partial charge is 0.257 e. The van der Waals surface area contributed by atoms with Gasteiger partial charge in [0.2, 0.25) is 0 Å². The van der Waals surface area contributed by atoms with Crippen LogP contribution >= 0.6 is 0 Å². The first-order valence-electron chi connectivity index (χ1n) is 7.03. The number of carbonyl (C=O) groups is 1. The molecule has 1 fully saturated rings. The maximum Gasteiger partial charge on any atom is 0.257 e. The van der Waals surface area contributed by atoms with E-state index in [1.807, 2.05) is 25.9 Å². The van der Waals surface area contributed by atoms with Gasteiger partial charge in [0.05, 0.1) is 11.8 Å². The molecule has 1 aromatic heterocycles. The van der Waals surface area contributed by atoms with Gasteiger partial charge in [-0.3, -0.25) is 9.48 Å². The molecule has 1 saturated heterocycles. The van der Waals surface area contributed by atoms with Crippen LogP contribution in [0.4, 0.5) is 0 Å². The number of likely N-dealkylation sites (tertiary alicyclic amines) is 1. The quantitative estimate of drug-likeness (QED) is 0.892. The first kappa shape index (κ1) is 14.1. The van der Waals surface area contributed by atoms with E-state index >= 15 is 0 Å². The van der Waals surface area contributed by atoms with Gasteiger partial charge in [-0.1, -0.05) is 13.3 Å². The number of aromatic nitrogens is 2. The molecule has 2 atom stereocenters. The molecule has 0 aliphatic carbocycles. The minimum Gasteiger partial charge on any atom is -0.338 e. The summed E-state index contributed by atoms with van der Waals surface area (Å²) >= 11 is 0. The zero-order chi connectivity index (χ0) is 14.0. The second-order valence-electron chi connectivity index (χ2n) is 5.37. The Morgan fingerprint density at radius 2 is 2.32 bits per heavy atom. The Hall–Kier alpha value is -1.36. The molecule has 5 heteroatoms. The van der Waals surface area contributed by atoms with Crippen LogP contribution in [0.25, 0.3) is 0 Å². The van der Waals surface area contributed by atoms with Gasteiger partial charge in [-0.15, -0.1) is 0 Å². The van der Waals surface area contributed by atoms with E-state index in [4.69, 9.17) is 0 Å². The molecule has 0 saturated carbocycles. The van der Waals surface area contributed by atoms with Crippen LogP contribution in [0.1, 0.15) is 35.8 Å². The largest absolute Gasteiger partial charge is 0.338 e. The minimum atomic E-state index is 0.124. The molecule has 1 N–H and O–H groups in total. The number of nitrogens with one attached hydrogen (secondary N) is 1. The summed E-state index contributed by atoms with van der Waals surface area (Å²) in [6, 6.07) is 0.532. The van der Waals surface area contributed by atoms with Crippen molar-refractivity contribution in [1.29, 1.82) is 0 Å². The Kier molecular flexibility index (Phi) is 4.24. The summed E-state index contributed by atoms with van der Waals surface area (Å²) < 4.78 is 1.75. The third-order valence-electron chi connectivity index (χ3n) is 4.38. The van der Waals surface area contributed by atoms with Crippen molar-refractivity contribution < 1.29 is 4.79 Å². The lowest BCUT2D eigenvalue weighted by Crippen LogP contribution is -2.50. The van der Waals surface area contributed by atoms with Crippen molar-refractivity contribution in [3.8, 4) is 0 Å². The molecule has 2 heterocycles. The Balaban J connectivity index is 2.11. The lowest BCUT2D eigenvalue weighted by Gasteiger charge is -2.38. The van der Waals surface area contributed by atoms with E-state index in [0.717, 1.165) is 37.2 Å². The normalized spacial score (nSPS) is 23.7. The van der Waals surface area contributed by atoms with Crippen LogP contribution in [0.3, 0.4) is 0 Å². The average Bonchev–Trinajstić information content (AvgIpc) is 2.77. The standard InChI is InChI=1S/C14H24N4O/c1-5-11-9-18(7-6-13(11)15-3)14(19)12-8-16-17(4)10(12)2/h8,11,13,15H,5-7,9H2,1-4H3. The molecular formula is C14H24N4O. The molecule has 1 aliphatic heterocycles. The Morgan fingerprint density at radius 3 is 2.84 bits per heavy atom. The molecule has 1 aromatic rings. The summed E-state index contributed by atoms with van der Waals surface area (Å²) in [5.74, 6) is 0.665. The highest BCUT2D eigenvalue weighted by molar-refractivity contribution is 5.95. The van der Waals surface area contributed by atoms with E-state index < -0.39 is 0 Å². The molecule has 0 bridgehead atoms. The van der Waals surface area contributed by atoms with Crippen LogP contribution in [-0.2, 0) is 7.05 Å². The van der Waals surface area contributed by atoms with Crippen molar-refractivity contribution in [2.75, 3.05) is 20.1 Å². The molecule has 1 amide bonds. The van der Waals surface area contributed by atoms with Gasteiger partial charge < -0.3 is 10.2 Å². The first-order chi connectivity index (χ1) is 9.08. The summed E-state index contributed by atoms with van der Waals surface area (Å²) in [6.07, 6.45) is 3.81. The third kappa shape index (κ3) is 2.66. The van der Waals surface area contributed by atoms with E-state index in [1.54, 1.807) is 10.9 Å². The minimum absolute atomic E-state index is 0.124. The van der Waals surface area contributed by atoms with Gasteiger partial charge in [0.15, 0.2) is 0 Å². The molecule has 5 nitrogen and oxygen atoms in total. The Bertz CT molecular complexity index is 454. The molecule has 106 valence electrons. The second-order valence-corrected chi connectivity index (χ2v) is 5.37. The van der Waals surface area contributed by atoms with Gasteiger partial charge >= 0.3 is 0 Å². The van der Waals surface area contributed by atoms with Crippen molar-refractivity contribution in [2.24, 2.45) is 13.0 Å². The number of piperidine rings is 1. The lowest BCUT2D eigenvalue weighted by molar-refractivity contribution is 0.0631. The van der Waals surface area contributed by atoms with Crippen molar-refractivity contribution >= 4 is 5.91 Å². The number of carbonyl (C=O) groups excluding carboxylic acids is 1. The summed E-state index contributed by atoms with van der Waals surface area (Å²) in [7, 11) is 3.88. The van der Waals surface area contributed by atoms with Crippen molar-refractivity contribution in [1.82, 2.24) is 20.0 Å². The van der Waals surface area contributed by atoms with Crippen molar-refractivity contribution in [3.63, 3.8) is 0 Å². The molecule has 19 heavy (non-hydrogen) atoms. The number of amides is 1. The van der Waals surface area contributed by atoms with Gasteiger partial charge in [0, 0.05) is 31.9 Å². The van der Waals surface area contributed by atoms with Crippen LogP contribution in [0.5, 0.6) is 0 Å². The Labute approximate surface area is 115 Å². The summed E-state index contributed by atoms with van der Waals surface area (Å²) in [4.78, 5) is 14.5. The van der Waals surface area contributed by atoms with Gasteiger partial charge in [-0.05, 0) is 26.3 Å². The fourth-order valence-electron chi connectivity index (χ4n) is 2.89. The highest BCUT2D eigenvalue weighted by Crippen LogP contribution is 2.22. The van der Waals surface area contributed by atoms with Gasteiger partial charge in [-0.2, -0.15) is 5.10 Å². The molecule has 2 unspecified atom stereocenters. The lowest BCUT2D eigenvalue weighted by atomic mass is 9.90. The summed E-state index contributed by atoms with van der Waals surface area (Å²) in [5, 5.41) is 7.52. The zero-order valence-corrected chi connectivity index (χ0v) is 12.3. The highest BCUT2D eigenvalue weighted by atomic mass is 16.2. The topological polar surface area (TPSA) is 50.2 Å². The summed E-state index contributed by atoms with van der Waals surface area (Å²) in [6.45, 7) is 5.81. The average molecular weight is 264 g/mol. The number of aryl methyl sites for hydroxylation is 1. The predicted octanol–water partition coefficient (Wildman–Crippen LogP) is 1.19. The molecule has 2 rings (SSSR count). The van der Waals surface area contributed by atoms with E-state index in [0.29, 0.717) is 12.0 Å². The molecule has 0 radical (unpaired) electrons. The van der Waals surface area contributed by atoms with Gasteiger partial charge in [0.1, 0.15) is 0 Å². The van der Waals surface area contributed by atoms with E-state index in [-0.39, 0.29) is 5.91 Å². The van der Waals surface area contributed by atoms with Crippen LogP contribution in [0, 0.1) is 12.8 Å². The van der Waals surface area contributed by atoms with Gasteiger partial charge in [-0.25, -0.2) is 0 Å². The highest BCUT2D eigenvalue weighted by Gasteiger charge is 2.30. The van der Waals surface area contributed by atoms with Crippen LogP contribution in [0.15, 0.2) is 6.20 Å². The maximum atomic E-state index is 12.5. The van der Waals surface area contributed by atoms with Gasteiger partial charge in [0.25, 0.3) is 5.91 Å². The number of hydrogen-bond acceptors (Lipinski definition) is 3. The van der Waals surface area contributed by atoms with E-state index in [1.165, 1.54) is 0 Å². The fourth-order valence-corrected chi connectivity index (χ4v) is 2.89.